The summed E-state index contributed by atoms with van der Waals surface area (Å²) in [5.74, 6) is -3.99. The highest BCUT2D eigenvalue weighted by Crippen LogP contribution is 2.31. The molecule has 2 aliphatic rings. The van der Waals surface area contributed by atoms with E-state index in [4.69, 9.17) is 9.47 Å². The van der Waals surface area contributed by atoms with Crippen molar-refractivity contribution in [3.63, 3.8) is 0 Å². The van der Waals surface area contributed by atoms with Gasteiger partial charge < -0.3 is 45.2 Å². The number of aliphatic hydroxyl groups excluding tert-OH is 4. The number of hydrogen-bond acceptors (Lipinski definition) is 9. The molecular weight excluding hydrogens is 424 g/mol. The molecule has 0 radical (unpaired) electrons. The van der Waals surface area contributed by atoms with Gasteiger partial charge in [-0.1, -0.05) is 18.2 Å². The maximum atomic E-state index is 12.4. The zero-order valence-corrected chi connectivity index (χ0v) is 17.6. The normalized spacial score (nSPS) is 28.9. The van der Waals surface area contributed by atoms with Crippen LogP contribution in [0.5, 0.6) is 5.75 Å². The highest BCUT2D eigenvalue weighted by Gasteiger charge is 2.51. The van der Waals surface area contributed by atoms with Gasteiger partial charge in [-0.3, -0.25) is 9.59 Å². The number of amides is 2. The van der Waals surface area contributed by atoms with Crippen LogP contribution in [0.15, 0.2) is 24.3 Å². The minimum absolute atomic E-state index is 0.0511. The number of hydrogen-bond donors (Lipinski definition) is 6. The summed E-state index contributed by atoms with van der Waals surface area (Å²) in [6.45, 7) is 0.0106. The number of carbonyl (C=O) groups excluding carboxylic acids is 2. The van der Waals surface area contributed by atoms with Crippen LogP contribution < -0.4 is 10.1 Å². The molecule has 2 aliphatic heterocycles. The molecule has 11 nitrogen and oxygen atoms in total. The van der Waals surface area contributed by atoms with Gasteiger partial charge in [-0.05, 0) is 18.9 Å². The van der Waals surface area contributed by atoms with Crippen LogP contribution in [0.2, 0.25) is 0 Å². The van der Waals surface area contributed by atoms with Crippen molar-refractivity contribution in [2.75, 3.05) is 32.8 Å². The first kappa shape index (κ1) is 24.4. The lowest BCUT2D eigenvalue weighted by Crippen LogP contribution is -2.62. The molecule has 2 saturated heterocycles. The Balaban J connectivity index is 1.58. The summed E-state index contributed by atoms with van der Waals surface area (Å²) < 4.78 is 10.6. The third-order valence-electron chi connectivity index (χ3n) is 5.75. The number of likely N-dealkylation sites (tertiary alicyclic amines) is 1. The maximum absolute atomic E-state index is 12.4. The van der Waals surface area contributed by atoms with E-state index in [0.717, 1.165) is 0 Å². The predicted molar refractivity (Wildman–Crippen MR) is 109 cm³/mol. The van der Waals surface area contributed by atoms with Crippen LogP contribution in [-0.2, 0) is 20.7 Å². The number of nitrogens with zero attached hydrogens (tertiary/aromatic N) is 1. The minimum Gasteiger partial charge on any atom is -0.437 e. The second-order valence-corrected chi connectivity index (χ2v) is 8.10. The summed E-state index contributed by atoms with van der Waals surface area (Å²) in [7, 11) is 0. The largest absolute Gasteiger partial charge is 0.437 e. The number of nitrogens with one attached hydrogen (secondary N) is 1. The van der Waals surface area contributed by atoms with E-state index < -0.39 is 42.7 Å². The Morgan fingerprint density at radius 3 is 2.56 bits per heavy atom. The van der Waals surface area contributed by atoms with Crippen molar-refractivity contribution < 1.29 is 44.6 Å². The number of para-hydroxylation sites is 1. The van der Waals surface area contributed by atoms with Gasteiger partial charge in [-0.25, -0.2) is 0 Å². The van der Waals surface area contributed by atoms with Crippen LogP contribution in [0, 0.1) is 5.92 Å². The summed E-state index contributed by atoms with van der Waals surface area (Å²) in [5.41, 5.74) is 0.363. The van der Waals surface area contributed by atoms with Crippen molar-refractivity contribution in [2.24, 2.45) is 5.92 Å². The maximum Gasteiger partial charge on any atom is 0.354 e. The highest BCUT2D eigenvalue weighted by molar-refractivity contribution is 5.86. The van der Waals surface area contributed by atoms with Gasteiger partial charge in [0.15, 0.2) is 6.10 Å². The Morgan fingerprint density at radius 1 is 1.19 bits per heavy atom. The molecular formula is C21H30N2O9. The van der Waals surface area contributed by atoms with Crippen LogP contribution in [0.1, 0.15) is 18.4 Å². The molecule has 2 heterocycles. The molecule has 6 N–H and O–H groups in total. The lowest BCUT2D eigenvalue weighted by Gasteiger charge is -2.42. The fraction of sp³-hybridized carbons (Fsp3) is 0.619. The van der Waals surface area contributed by atoms with E-state index in [1.165, 1.54) is 6.07 Å². The molecule has 178 valence electrons. The van der Waals surface area contributed by atoms with E-state index in [1.807, 2.05) is 0 Å². The van der Waals surface area contributed by atoms with Gasteiger partial charge in [0.2, 0.25) is 11.8 Å². The quantitative estimate of drug-likeness (QED) is 0.248. The molecule has 0 bridgehead atoms. The van der Waals surface area contributed by atoms with Crippen molar-refractivity contribution in [2.45, 2.75) is 43.5 Å². The van der Waals surface area contributed by atoms with E-state index >= 15 is 0 Å². The average molecular weight is 454 g/mol. The fourth-order valence-electron chi connectivity index (χ4n) is 3.68. The van der Waals surface area contributed by atoms with Crippen molar-refractivity contribution in [3.05, 3.63) is 29.8 Å². The molecule has 0 spiro atoms. The number of carbonyl (C=O) groups is 2. The SMILES string of the molecule is O=C(Cc1ccccc1OC1(O)OCC(CO)C(O)C1O)NCC(=O)N1CCC(O)CC1. The Kier molecular flexibility index (Phi) is 8.04. The smallest absolute Gasteiger partial charge is 0.354 e. The van der Waals surface area contributed by atoms with Crippen LogP contribution in [0.4, 0.5) is 0 Å². The lowest BCUT2D eigenvalue weighted by molar-refractivity contribution is -0.399. The molecule has 1 aromatic rings. The Morgan fingerprint density at radius 2 is 1.88 bits per heavy atom. The van der Waals surface area contributed by atoms with Crippen molar-refractivity contribution in [1.29, 1.82) is 0 Å². The molecule has 11 heteroatoms. The molecule has 4 unspecified atom stereocenters. The van der Waals surface area contributed by atoms with Crippen molar-refractivity contribution in [1.82, 2.24) is 10.2 Å². The third kappa shape index (κ3) is 5.74. The lowest BCUT2D eigenvalue weighted by atomic mass is 9.95. The van der Waals surface area contributed by atoms with Crippen LogP contribution in [-0.4, -0.2) is 99.4 Å². The molecule has 32 heavy (non-hydrogen) atoms. The standard InChI is InChI=1S/C21H30N2O9/c24-11-14-12-31-21(30,20(29)19(14)28)32-16-4-2-1-3-13(16)9-17(26)22-10-18(27)23-7-5-15(25)6-8-23/h1-4,14-15,19-20,24-25,28-30H,5-12H2,(H,22,26). The first-order chi connectivity index (χ1) is 15.2. The molecule has 3 rings (SSSR count). The molecule has 1 aromatic carbocycles. The Hall–Kier alpha value is -2.28. The Labute approximate surface area is 185 Å². The summed E-state index contributed by atoms with van der Waals surface area (Å²) in [6, 6.07) is 6.29. The Bertz CT molecular complexity index is 799. The number of aliphatic hydroxyl groups is 5. The van der Waals surface area contributed by atoms with E-state index in [9.17, 15) is 35.1 Å². The van der Waals surface area contributed by atoms with Gasteiger partial charge in [0, 0.05) is 24.6 Å². The van der Waals surface area contributed by atoms with Crippen LogP contribution in [0.3, 0.4) is 0 Å². The molecule has 0 aromatic heterocycles. The van der Waals surface area contributed by atoms with Gasteiger partial charge in [0.05, 0.1) is 38.4 Å². The van der Waals surface area contributed by atoms with E-state index in [1.54, 1.807) is 23.1 Å². The summed E-state index contributed by atoms with van der Waals surface area (Å²) >= 11 is 0. The number of ether oxygens (including phenoxy) is 2. The molecule has 0 saturated carbocycles. The number of piperidine rings is 1. The number of rotatable bonds is 7. The minimum atomic E-state index is -2.56. The molecule has 2 fully saturated rings. The average Bonchev–Trinajstić information content (AvgIpc) is 2.78. The molecule has 2 amide bonds. The second-order valence-electron chi connectivity index (χ2n) is 8.10. The molecule has 4 atom stereocenters. The van der Waals surface area contributed by atoms with Crippen LogP contribution >= 0.6 is 0 Å². The first-order valence-corrected chi connectivity index (χ1v) is 10.6. The topological polar surface area (TPSA) is 169 Å². The van der Waals surface area contributed by atoms with E-state index in [2.05, 4.69) is 5.32 Å². The van der Waals surface area contributed by atoms with E-state index in [0.29, 0.717) is 31.5 Å². The molecule has 0 aliphatic carbocycles. The summed E-state index contributed by atoms with van der Waals surface area (Å²) in [4.78, 5) is 26.2. The van der Waals surface area contributed by atoms with Gasteiger partial charge in [-0.15, -0.1) is 0 Å². The van der Waals surface area contributed by atoms with E-state index in [-0.39, 0.29) is 31.2 Å². The van der Waals surface area contributed by atoms with Gasteiger partial charge in [0.25, 0.3) is 0 Å². The van der Waals surface area contributed by atoms with Crippen LogP contribution in [0.25, 0.3) is 0 Å². The first-order valence-electron chi connectivity index (χ1n) is 10.6. The highest BCUT2D eigenvalue weighted by atomic mass is 16.8. The second kappa shape index (κ2) is 10.6. The van der Waals surface area contributed by atoms with Gasteiger partial charge >= 0.3 is 5.97 Å². The van der Waals surface area contributed by atoms with Gasteiger partial charge in [0.1, 0.15) is 5.75 Å². The zero-order valence-electron chi connectivity index (χ0n) is 17.6. The fourth-order valence-corrected chi connectivity index (χ4v) is 3.68. The van der Waals surface area contributed by atoms with Crippen molar-refractivity contribution >= 4 is 11.8 Å². The predicted octanol–water partition coefficient (Wildman–Crippen LogP) is -2.29. The monoisotopic (exact) mass is 454 g/mol. The summed E-state index contributed by atoms with van der Waals surface area (Å²) in [6.07, 6.45) is -2.88. The zero-order chi connectivity index (χ0) is 23.3. The summed E-state index contributed by atoms with van der Waals surface area (Å²) in [5, 5.41) is 52.1. The van der Waals surface area contributed by atoms with Crippen molar-refractivity contribution in [3.8, 4) is 5.75 Å². The van der Waals surface area contributed by atoms with Gasteiger partial charge in [-0.2, -0.15) is 0 Å². The third-order valence-corrected chi connectivity index (χ3v) is 5.75. The number of benzene rings is 1.